The van der Waals surface area contributed by atoms with Gasteiger partial charge >= 0.3 is 5.97 Å². The molecule has 1 heterocycles. The molecule has 0 aliphatic heterocycles. The molecule has 0 aliphatic rings. The average Bonchev–Trinajstić information content (AvgIpc) is 2.63. The van der Waals surface area contributed by atoms with Crippen LogP contribution in [-0.2, 0) is 22.6 Å². The summed E-state index contributed by atoms with van der Waals surface area (Å²) in [4.78, 5) is 11.4. The molecule has 1 aromatic heterocycles. The number of aliphatic hydroxyl groups is 1. The highest BCUT2D eigenvalue weighted by Gasteiger charge is 2.15. The first-order valence-electron chi connectivity index (χ1n) is 5.95. The van der Waals surface area contributed by atoms with Crippen molar-refractivity contribution in [2.45, 2.75) is 39.5 Å². The first-order valence-corrected chi connectivity index (χ1v) is 5.95. The van der Waals surface area contributed by atoms with Gasteiger partial charge in [-0.2, -0.15) is 5.10 Å². The van der Waals surface area contributed by atoms with Gasteiger partial charge in [0, 0.05) is 18.3 Å². The summed E-state index contributed by atoms with van der Waals surface area (Å²) in [7, 11) is 0. The van der Waals surface area contributed by atoms with Crippen LogP contribution in [0.2, 0.25) is 0 Å². The molecule has 0 fully saturated rings. The van der Waals surface area contributed by atoms with E-state index in [1.807, 2.05) is 27.0 Å². The Morgan fingerprint density at radius 3 is 2.89 bits per heavy atom. The van der Waals surface area contributed by atoms with Crippen molar-refractivity contribution in [1.82, 2.24) is 15.1 Å². The summed E-state index contributed by atoms with van der Waals surface area (Å²) in [5.74, 6) is -0.273. The second-order valence-electron chi connectivity index (χ2n) is 5.03. The fourth-order valence-electron chi connectivity index (χ4n) is 1.41. The van der Waals surface area contributed by atoms with E-state index in [2.05, 4.69) is 10.4 Å². The second-order valence-corrected chi connectivity index (χ2v) is 5.03. The standard InChI is InChI=1S/C12H21N3O3/c1-12(2,3)18-11(17)8-13-6-10-7-14-15(9-10)4-5-16/h7,9,13,16H,4-6,8H2,1-3H3. The van der Waals surface area contributed by atoms with Crippen molar-refractivity contribution in [3.63, 3.8) is 0 Å². The van der Waals surface area contributed by atoms with Crippen molar-refractivity contribution in [1.29, 1.82) is 0 Å². The molecule has 6 nitrogen and oxygen atoms in total. The van der Waals surface area contributed by atoms with Crippen LogP contribution < -0.4 is 5.32 Å². The van der Waals surface area contributed by atoms with E-state index < -0.39 is 5.60 Å². The summed E-state index contributed by atoms with van der Waals surface area (Å²) in [5.41, 5.74) is 0.511. The number of carbonyl (C=O) groups excluding carboxylic acids is 1. The summed E-state index contributed by atoms with van der Waals surface area (Å²) >= 11 is 0. The van der Waals surface area contributed by atoms with Crippen LogP contribution in [0.4, 0.5) is 0 Å². The third-order valence-electron chi connectivity index (χ3n) is 2.03. The van der Waals surface area contributed by atoms with Crippen LogP contribution in [0.15, 0.2) is 12.4 Å². The maximum atomic E-state index is 11.4. The van der Waals surface area contributed by atoms with Gasteiger partial charge in [0.15, 0.2) is 0 Å². The van der Waals surface area contributed by atoms with Crippen molar-refractivity contribution < 1.29 is 14.6 Å². The number of hydrogen-bond acceptors (Lipinski definition) is 5. The maximum Gasteiger partial charge on any atom is 0.320 e. The van der Waals surface area contributed by atoms with Crippen LogP contribution >= 0.6 is 0 Å². The molecular weight excluding hydrogens is 234 g/mol. The van der Waals surface area contributed by atoms with Crippen molar-refractivity contribution >= 4 is 5.97 Å². The van der Waals surface area contributed by atoms with Gasteiger partial charge < -0.3 is 15.2 Å². The molecule has 0 saturated carbocycles. The third-order valence-corrected chi connectivity index (χ3v) is 2.03. The van der Waals surface area contributed by atoms with Crippen molar-refractivity contribution in [2.75, 3.05) is 13.2 Å². The van der Waals surface area contributed by atoms with Gasteiger partial charge in [-0.15, -0.1) is 0 Å². The topological polar surface area (TPSA) is 76.4 Å². The van der Waals surface area contributed by atoms with E-state index in [9.17, 15) is 4.79 Å². The Balaban J connectivity index is 2.26. The molecule has 0 amide bonds. The Labute approximate surface area is 107 Å². The zero-order valence-corrected chi connectivity index (χ0v) is 11.1. The quantitative estimate of drug-likeness (QED) is 0.715. The molecule has 0 aromatic carbocycles. The number of rotatable bonds is 6. The minimum Gasteiger partial charge on any atom is -0.459 e. The number of aromatic nitrogens is 2. The number of carbonyl (C=O) groups is 1. The summed E-state index contributed by atoms with van der Waals surface area (Å²) in [6.45, 7) is 6.77. The van der Waals surface area contributed by atoms with Gasteiger partial charge in [-0.25, -0.2) is 0 Å². The Bertz CT molecular complexity index is 382. The number of aliphatic hydroxyl groups excluding tert-OH is 1. The highest BCUT2D eigenvalue weighted by Crippen LogP contribution is 2.06. The molecule has 0 aliphatic carbocycles. The third kappa shape index (κ3) is 5.79. The molecule has 0 atom stereocenters. The van der Waals surface area contributed by atoms with Crippen molar-refractivity contribution in [3.8, 4) is 0 Å². The van der Waals surface area contributed by atoms with Crippen LogP contribution in [0, 0.1) is 0 Å². The molecule has 0 bridgehead atoms. The first kappa shape index (κ1) is 14.7. The van der Waals surface area contributed by atoms with Crippen molar-refractivity contribution in [3.05, 3.63) is 18.0 Å². The van der Waals surface area contributed by atoms with Crippen LogP contribution in [0.1, 0.15) is 26.3 Å². The molecule has 0 saturated heterocycles. The molecule has 1 aromatic rings. The van der Waals surface area contributed by atoms with Crippen LogP contribution in [0.5, 0.6) is 0 Å². The van der Waals surface area contributed by atoms with E-state index in [0.717, 1.165) is 5.56 Å². The summed E-state index contributed by atoms with van der Waals surface area (Å²) < 4.78 is 6.82. The lowest BCUT2D eigenvalue weighted by molar-refractivity contribution is -0.153. The van der Waals surface area contributed by atoms with Gasteiger partial charge in [0.25, 0.3) is 0 Å². The van der Waals surface area contributed by atoms with Crippen molar-refractivity contribution in [2.24, 2.45) is 0 Å². The number of esters is 1. The molecule has 2 N–H and O–H groups in total. The van der Waals surface area contributed by atoms with Crippen LogP contribution in [0.25, 0.3) is 0 Å². The fraction of sp³-hybridized carbons (Fsp3) is 0.667. The monoisotopic (exact) mass is 255 g/mol. The SMILES string of the molecule is CC(C)(C)OC(=O)CNCc1cnn(CCO)c1. The lowest BCUT2D eigenvalue weighted by atomic mass is 10.2. The molecule has 0 spiro atoms. The zero-order valence-electron chi connectivity index (χ0n) is 11.1. The Morgan fingerprint density at radius 2 is 2.28 bits per heavy atom. The number of nitrogens with zero attached hydrogens (tertiary/aromatic N) is 2. The Hall–Kier alpha value is -1.40. The minimum absolute atomic E-state index is 0.0620. The summed E-state index contributed by atoms with van der Waals surface area (Å²) in [6, 6.07) is 0. The normalized spacial score (nSPS) is 11.6. The summed E-state index contributed by atoms with van der Waals surface area (Å²) in [5, 5.41) is 15.8. The lowest BCUT2D eigenvalue weighted by Gasteiger charge is -2.19. The summed E-state index contributed by atoms with van der Waals surface area (Å²) in [6.07, 6.45) is 3.54. The minimum atomic E-state index is -0.454. The van der Waals surface area contributed by atoms with Gasteiger partial charge in [-0.3, -0.25) is 9.48 Å². The molecule has 6 heteroatoms. The zero-order chi connectivity index (χ0) is 13.6. The van der Waals surface area contributed by atoms with Gasteiger partial charge in [-0.05, 0) is 20.8 Å². The highest BCUT2D eigenvalue weighted by molar-refractivity contribution is 5.72. The molecule has 102 valence electrons. The van der Waals surface area contributed by atoms with Gasteiger partial charge in [0.1, 0.15) is 5.60 Å². The number of nitrogens with one attached hydrogen (secondary N) is 1. The molecule has 18 heavy (non-hydrogen) atoms. The molecular formula is C12H21N3O3. The van der Waals surface area contributed by atoms with E-state index in [1.165, 1.54) is 0 Å². The van der Waals surface area contributed by atoms with E-state index in [0.29, 0.717) is 13.1 Å². The Morgan fingerprint density at radius 1 is 1.56 bits per heavy atom. The smallest absolute Gasteiger partial charge is 0.320 e. The first-order chi connectivity index (χ1) is 8.40. The predicted octanol–water partition coefficient (Wildman–Crippen LogP) is 0.307. The molecule has 0 unspecified atom stereocenters. The average molecular weight is 255 g/mol. The Kier molecular flexibility index (Phi) is 5.30. The van der Waals surface area contributed by atoms with E-state index in [-0.39, 0.29) is 19.1 Å². The lowest BCUT2D eigenvalue weighted by Crippen LogP contribution is -2.31. The molecule has 0 radical (unpaired) electrons. The van der Waals surface area contributed by atoms with Gasteiger partial charge in [-0.1, -0.05) is 0 Å². The predicted molar refractivity (Wildman–Crippen MR) is 66.9 cm³/mol. The van der Waals surface area contributed by atoms with Gasteiger partial charge in [0.05, 0.1) is 25.9 Å². The largest absolute Gasteiger partial charge is 0.459 e. The fourth-order valence-corrected chi connectivity index (χ4v) is 1.41. The van der Waals surface area contributed by atoms with E-state index in [1.54, 1.807) is 10.9 Å². The van der Waals surface area contributed by atoms with Crippen LogP contribution in [0.3, 0.4) is 0 Å². The maximum absolute atomic E-state index is 11.4. The number of ether oxygens (including phenoxy) is 1. The van der Waals surface area contributed by atoms with Gasteiger partial charge in [0.2, 0.25) is 0 Å². The second kappa shape index (κ2) is 6.51. The number of hydrogen-bond donors (Lipinski definition) is 2. The van der Waals surface area contributed by atoms with Crippen LogP contribution in [-0.4, -0.2) is 39.6 Å². The highest BCUT2D eigenvalue weighted by atomic mass is 16.6. The molecule has 1 rings (SSSR count). The van der Waals surface area contributed by atoms with E-state index in [4.69, 9.17) is 9.84 Å². The van der Waals surface area contributed by atoms with E-state index >= 15 is 0 Å².